The third-order valence-corrected chi connectivity index (χ3v) is 7.30. The molecule has 23 heavy (non-hydrogen) atoms. The summed E-state index contributed by atoms with van der Waals surface area (Å²) in [4.78, 5) is 1.72. The van der Waals surface area contributed by atoms with E-state index in [-0.39, 0.29) is 18.6 Å². The zero-order valence-corrected chi connectivity index (χ0v) is 16.0. The Hall–Kier alpha value is -0.520. The number of hydrogen-bond acceptors (Lipinski definition) is 7. The summed E-state index contributed by atoms with van der Waals surface area (Å²) < 4.78 is 45.0. The smallest absolute Gasteiger partial charge is 0.311 e. The highest BCUT2D eigenvalue weighted by molar-refractivity contribution is 7.54. The average molecular weight is 365 g/mol. The van der Waals surface area contributed by atoms with E-state index < -0.39 is 15.2 Å². The van der Waals surface area contributed by atoms with Crippen molar-refractivity contribution in [1.29, 1.82) is 0 Å². The van der Waals surface area contributed by atoms with E-state index in [1.54, 1.807) is 4.90 Å². The van der Waals surface area contributed by atoms with Crippen LogP contribution in [0.5, 0.6) is 0 Å². The molecule has 0 aromatic heterocycles. The van der Waals surface area contributed by atoms with Crippen molar-refractivity contribution in [2.24, 2.45) is 0 Å². The van der Waals surface area contributed by atoms with Crippen LogP contribution in [-0.4, -0.2) is 45.9 Å². The molecule has 0 heterocycles. The van der Waals surface area contributed by atoms with E-state index in [9.17, 15) is 9.13 Å². The Kier molecular flexibility index (Phi) is 8.11. The number of rotatable bonds is 10. The predicted octanol–water partition coefficient (Wildman–Crippen LogP) is 3.94. The fraction of sp³-hybridized carbons (Fsp3) is 0.571. The average Bonchev–Trinajstić information content (AvgIpc) is 2.61. The van der Waals surface area contributed by atoms with Crippen molar-refractivity contribution < 1.29 is 27.2 Å². The van der Waals surface area contributed by atoms with Crippen LogP contribution in [0.25, 0.3) is 0 Å². The zero-order valence-electron chi connectivity index (χ0n) is 14.2. The van der Waals surface area contributed by atoms with Crippen LogP contribution < -0.4 is 0 Å². The highest BCUT2D eigenvalue weighted by Gasteiger charge is 2.34. The molecule has 1 aromatic carbocycles. The van der Waals surface area contributed by atoms with Crippen LogP contribution in [0.3, 0.4) is 0 Å². The molecule has 0 saturated heterocycles. The Morgan fingerprint density at radius 3 is 1.61 bits per heavy atom. The first-order valence-corrected chi connectivity index (χ1v) is 10.5. The summed E-state index contributed by atoms with van der Waals surface area (Å²) in [6.07, 6.45) is -0.0699. The SMILES string of the molecule is COP(=O)(CN(CP(=O)(OC)OC)[C@@H](C)c1ccccc1)OC. The lowest BCUT2D eigenvalue weighted by Gasteiger charge is -2.32. The van der Waals surface area contributed by atoms with Crippen LogP contribution >= 0.6 is 15.2 Å². The standard InChI is InChI=1S/C14H25NO6P2/c1-13(14-9-7-6-8-10-14)15(11-22(16,18-2)19-3)12-23(17,20-4)21-5/h6-10,13H,11-12H2,1-5H3/t13-/m0/s1. The van der Waals surface area contributed by atoms with Crippen LogP contribution in [-0.2, 0) is 27.2 Å². The maximum absolute atomic E-state index is 12.5. The van der Waals surface area contributed by atoms with Crippen molar-refractivity contribution in [3.63, 3.8) is 0 Å². The van der Waals surface area contributed by atoms with Crippen LogP contribution in [0.15, 0.2) is 30.3 Å². The molecule has 0 aliphatic heterocycles. The molecule has 0 N–H and O–H groups in total. The molecule has 0 spiro atoms. The fourth-order valence-electron chi connectivity index (χ4n) is 2.06. The van der Waals surface area contributed by atoms with Crippen molar-refractivity contribution in [3.8, 4) is 0 Å². The largest absolute Gasteiger partial charge is 0.344 e. The number of nitrogens with zero attached hydrogens (tertiary/aromatic N) is 1. The lowest BCUT2D eigenvalue weighted by Crippen LogP contribution is -2.30. The molecular formula is C14H25NO6P2. The van der Waals surface area contributed by atoms with E-state index >= 15 is 0 Å². The van der Waals surface area contributed by atoms with Gasteiger partial charge in [-0.25, -0.2) is 0 Å². The second kappa shape index (κ2) is 9.09. The Morgan fingerprint density at radius 1 is 0.870 bits per heavy atom. The Morgan fingerprint density at radius 2 is 1.26 bits per heavy atom. The fourth-order valence-corrected chi connectivity index (χ4v) is 4.55. The van der Waals surface area contributed by atoms with Gasteiger partial charge in [-0.1, -0.05) is 30.3 Å². The molecule has 0 radical (unpaired) electrons. The molecule has 1 rings (SSSR count). The first-order valence-electron chi connectivity index (χ1n) is 7.03. The van der Waals surface area contributed by atoms with Gasteiger partial charge in [-0.2, -0.15) is 0 Å². The first-order chi connectivity index (χ1) is 10.8. The van der Waals surface area contributed by atoms with Gasteiger partial charge in [-0.3, -0.25) is 14.0 Å². The summed E-state index contributed by atoms with van der Waals surface area (Å²) in [5.41, 5.74) is 0.977. The van der Waals surface area contributed by atoms with Gasteiger partial charge in [-0.15, -0.1) is 0 Å². The zero-order chi connectivity index (χ0) is 17.5. The summed E-state index contributed by atoms with van der Waals surface area (Å²) in [7, 11) is -1.36. The summed E-state index contributed by atoms with van der Waals surface area (Å²) in [5.74, 6) is 0. The molecule has 7 nitrogen and oxygen atoms in total. The quantitative estimate of drug-likeness (QED) is 0.582. The molecule has 1 aromatic rings. The highest BCUT2D eigenvalue weighted by Crippen LogP contribution is 2.53. The minimum absolute atomic E-state index is 0.0349. The van der Waals surface area contributed by atoms with Gasteiger partial charge < -0.3 is 18.1 Å². The van der Waals surface area contributed by atoms with Crippen molar-refractivity contribution in [2.75, 3.05) is 41.0 Å². The molecule has 0 aliphatic rings. The first kappa shape index (κ1) is 20.5. The summed E-state index contributed by atoms with van der Waals surface area (Å²) in [6.45, 7) is 1.92. The predicted molar refractivity (Wildman–Crippen MR) is 89.7 cm³/mol. The maximum Gasteiger partial charge on any atom is 0.344 e. The van der Waals surface area contributed by atoms with E-state index in [0.29, 0.717) is 0 Å². The van der Waals surface area contributed by atoms with Gasteiger partial charge in [0, 0.05) is 34.5 Å². The molecule has 0 bridgehead atoms. The molecule has 9 heteroatoms. The van der Waals surface area contributed by atoms with Gasteiger partial charge >= 0.3 is 15.2 Å². The normalized spacial score (nSPS) is 14.2. The molecular weight excluding hydrogens is 340 g/mol. The number of benzene rings is 1. The Balaban J connectivity index is 3.10. The van der Waals surface area contributed by atoms with E-state index in [1.165, 1.54) is 28.4 Å². The van der Waals surface area contributed by atoms with Gasteiger partial charge in [-0.05, 0) is 12.5 Å². The number of hydrogen-bond donors (Lipinski definition) is 0. The lowest BCUT2D eigenvalue weighted by atomic mass is 10.1. The van der Waals surface area contributed by atoms with Gasteiger partial charge in [0.1, 0.15) is 12.6 Å². The summed E-state index contributed by atoms with van der Waals surface area (Å²) >= 11 is 0. The van der Waals surface area contributed by atoms with Gasteiger partial charge in [0.05, 0.1) is 0 Å². The van der Waals surface area contributed by atoms with Crippen LogP contribution in [0, 0.1) is 0 Å². The third kappa shape index (κ3) is 5.80. The highest BCUT2D eigenvalue weighted by atomic mass is 31.2. The van der Waals surface area contributed by atoms with Crippen molar-refractivity contribution in [3.05, 3.63) is 35.9 Å². The Labute approximate surface area is 137 Å². The topological polar surface area (TPSA) is 74.3 Å². The van der Waals surface area contributed by atoms with Gasteiger partial charge in [0.25, 0.3) is 0 Å². The summed E-state index contributed by atoms with van der Waals surface area (Å²) in [6, 6.07) is 9.41. The van der Waals surface area contributed by atoms with Crippen LogP contribution in [0.2, 0.25) is 0 Å². The van der Waals surface area contributed by atoms with Crippen molar-refractivity contribution >= 4 is 15.2 Å². The van der Waals surface area contributed by atoms with E-state index in [0.717, 1.165) is 5.56 Å². The second-order valence-corrected chi connectivity index (χ2v) is 9.38. The second-order valence-electron chi connectivity index (χ2n) is 4.91. The van der Waals surface area contributed by atoms with Gasteiger partial charge in [0.2, 0.25) is 0 Å². The molecule has 132 valence electrons. The lowest BCUT2D eigenvalue weighted by molar-refractivity contribution is 0.198. The van der Waals surface area contributed by atoms with Crippen molar-refractivity contribution in [2.45, 2.75) is 13.0 Å². The molecule has 0 aliphatic carbocycles. The minimum atomic E-state index is -3.32. The molecule has 0 saturated carbocycles. The Bertz CT molecular complexity index is 524. The third-order valence-electron chi connectivity index (χ3n) is 3.65. The minimum Gasteiger partial charge on any atom is -0.311 e. The van der Waals surface area contributed by atoms with E-state index in [4.69, 9.17) is 18.1 Å². The van der Waals surface area contributed by atoms with Crippen molar-refractivity contribution in [1.82, 2.24) is 4.90 Å². The van der Waals surface area contributed by atoms with Crippen LogP contribution in [0.1, 0.15) is 18.5 Å². The van der Waals surface area contributed by atoms with Gasteiger partial charge in [0.15, 0.2) is 0 Å². The molecule has 0 fully saturated rings. The molecule has 0 amide bonds. The summed E-state index contributed by atoms with van der Waals surface area (Å²) in [5, 5.41) is 0. The molecule has 1 atom stereocenters. The van der Waals surface area contributed by atoms with E-state index in [1.807, 2.05) is 37.3 Å². The molecule has 0 unspecified atom stereocenters. The van der Waals surface area contributed by atoms with E-state index in [2.05, 4.69) is 0 Å². The maximum atomic E-state index is 12.5. The van der Waals surface area contributed by atoms with Crippen LogP contribution in [0.4, 0.5) is 0 Å². The monoisotopic (exact) mass is 365 g/mol.